The number of nitrogens with one attached hydrogen (secondary N) is 1. The van der Waals surface area contributed by atoms with Crippen LogP contribution in [0.5, 0.6) is 17.2 Å². The Morgan fingerprint density at radius 2 is 1.35 bits per heavy atom. The molecule has 4 aromatic rings. The molecular weight excluding hydrogens is 542 g/mol. The molecule has 8 nitrogen and oxygen atoms in total. The van der Waals surface area contributed by atoms with Crippen LogP contribution in [0.2, 0.25) is 0 Å². The first-order valence-corrected chi connectivity index (χ1v) is 13.5. The molecule has 0 saturated heterocycles. The Kier molecular flexibility index (Phi) is 8.66. The molecule has 4 aromatic carbocycles. The fourth-order valence-corrected chi connectivity index (χ4v) is 4.86. The molecular formula is C29H26F2N2O6S. The second-order valence-corrected chi connectivity index (χ2v) is 10.6. The number of methoxy groups -OCH3 is 1. The summed E-state index contributed by atoms with van der Waals surface area (Å²) in [7, 11) is -1.52. The quantitative estimate of drug-likeness (QED) is 0.243. The number of hydrogen-bond donors (Lipinski definition) is 2. The number of benzene rings is 4. The second-order valence-electron chi connectivity index (χ2n) is 8.72. The van der Waals surface area contributed by atoms with Crippen LogP contribution in [-0.2, 0) is 23.1 Å². The molecule has 0 fully saturated rings. The monoisotopic (exact) mass is 568 g/mol. The summed E-state index contributed by atoms with van der Waals surface area (Å²) in [6.07, 6.45) is 0. The van der Waals surface area contributed by atoms with E-state index in [1.807, 2.05) is 0 Å². The van der Waals surface area contributed by atoms with Gasteiger partial charge in [0.25, 0.3) is 0 Å². The van der Waals surface area contributed by atoms with E-state index in [0.717, 1.165) is 6.07 Å². The highest BCUT2D eigenvalue weighted by molar-refractivity contribution is 7.89. The molecule has 0 radical (unpaired) electrons. The van der Waals surface area contributed by atoms with Gasteiger partial charge < -0.3 is 19.5 Å². The second kappa shape index (κ2) is 12.1. The van der Waals surface area contributed by atoms with Gasteiger partial charge in [0.15, 0.2) is 5.75 Å². The molecule has 0 amide bonds. The highest BCUT2D eigenvalue weighted by Crippen LogP contribution is 2.41. The van der Waals surface area contributed by atoms with Gasteiger partial charge in [-0.2, -0.15) is 0 Å². The molecule has 0 aliphatic rings. The molecule has 2 N–H and O–H groups in total. The zero-order valence-electron chi connectivity index (χ0n) is 21.6. The van der Waals surface area contributed by atoms with Crippen LogP contribution < -0.4 is 19.1 Å². The molecule has 0 unspecified atom stereocenters. The van der Waals surface area contributed by atoms with Gasteiger partial charge in [-0.3, -0.25) is 0 Å². The molecule has 0 spiro atoms. The van der Waals surface area contributed by atoms with E-state index >= 15 is 0 Å². The minimum Gasteiger partial charge on any atom is -0.497 e. The van der Waals surface area contributed by atoms with Crippen molar-refractivity contribution in [3.8, 4) is 17.2 Å². The number of anilines is 1. The summed E-state index contributed by atoms with van der Waals surface area (Å²) in [4.78, 5) is 13.4. The van der Waals surface area contributed by atoms with E-state index in [2.05, 4.69) is 4.72 Å². The highest BCUT2D eigenvalue weighted by atomic mass is 32.2. The molecule has 208 valence electrons. The minimum atomic E-state index is -4.22. The normalized spacial score (nSPS) is 11.2. The highest BCUT2D eigenvalue weighted by Gasteiger charge is 2.28. The van der Waals surface area contributed by atoms with Crippen molar-refractivity contribution in [1.82, 2.24) is 4.72 Å². The lowest BCUT2D eigenvalue weighted by Gasteiger charge is -2.29. The van der Waals surface area contributed by atoms with Crippen LogP contribution in [0.3, 0.4) is 0 Å². The molecule has 11 heteroatoms. The molecule has 0 atom stereocenters. The van der Waals surface area contributed by atoms with Crippen molar-refractivity contribution in [2.75, 3.05) is 19.1 Å². The standard InChI is InChI=1S/C29H26F2N2O6S/c1-32-40(36,37)27-16-21(29(34)35)15-26(28(27)39-25-13-11-24(38-2)12-14-25)33(17-19-3-7-22(30)8-4-19)18-20-5-9-23(31)10-6-20/h3-16,32H,17-18H2,1-2H3,(H,34,35). The number of carbonyl (C=O) groups is 1. The Labute approximate surface area is 230 Å². The molecule has 0 aliphatic heterocycles. The molecule has 0 aromatic heterocycles. The van der Waals surface area contributed by atoms with Crippen molar-refractivity contribution in [2.24, 2.45) is 0 Å². The predicted molar refractivity (Wildman–Crippen MR) is 145 cm³/mol. The summed E-state index contributed by atoms with van der Waals surface area (Å²) in [5.41, 5.74) is 1.14. The van der Waals surface area contributed by atoms with Crippen LogP contribution in [0.4, 0.5) is 14.5 Å². The van der Waals surface area contributed by atoms with Crippen molar-refractivity contribution >= 4 is 21.7 Å². The summed E-state index contributed by atoms with van der Waals surface area (Å²) >= 11 is 0. The van der Waals surface area contributed by atoms with Crippen LogP contribution in [-0.4, -0.2) is 33.7 Å². The lowest BCUT2D eigenvalue weighted by molar-refractivity contribution is 0.0696. The van der Waals surface area contributed by atoms with Crippen LogP contribution in [0.1, 0.15) is 21.5 Å². The Morgan fingerprint density at radius 1 is 0.850 bits per heavy atom. The van der Waals surface area contributed by atoms with Crippen molar-refractivity contribution in [3.05, 3.63) is 113 Å². The van der Waals surface area contributed by atoms with E-state index in [1.165, 1.54) is 44.5 Å². The van der Waals surface area contributed by atoms with E-state index in [9.17, 15) is 27.1 Å². The Bertz CT molecular complexity index is 1550. The largest absolute Gasteiger partial charge is 0.497 e. The SMILES string of the molecule is CNS(=O)(=O)c1cc(C(=O)O)cc(N(Cc2ccc(F)cc2)Cc2ccc(F)cc2)c1Oc1ccc(OC)cc1. The number of aromatic carboxylic acids is 1. The lowest BCUT2D eigenvalue weighted by Crippen LogP contribution is -2.25. The first-order valence-electron chi connectivity index (χ1n) is 12.0. The number of hydrogen-bond acceptors (Lipinski definition) is 6. The van der Waals surface area contributed by atoms with Gasteiger partial charge in [0, 0.05) is 13.1 Å². The fraction of sp³-hybridized carbons (Fsp3) is 0.138. The van der Waals surface area contributed by atoms with Crippen LogP contribution in [0.15, 0.2) is 89.8 Å². The number of carboxylic acid groups (broad SMARTS) is 1. The maximum Gasteiger partial charge on any atom is 0.335 e. The Hall–Kier alpha value is -4.48. The van der Waals surface area contributed by atoms with E-state index in [-0.39, 0.29) is 35.8 Å². The Balaban J connectivity index is 1.94. The number of ether oxygens (including phenoxy) is 2. The molecule has 0 saturated carbocycles. The average molecular weight is 569 g/mol. The van der Waals surface area contributed by atoms with Crippen LogP contribution >= 0.6 is 0 Å². The smallest absolute Gasteiger partial charge is 0.335 e. The predicted octanol–water partition coefficient (Wildman–Crippen LogP) is 5.58. The van der Waals surface area contributed by atoms with E-state index in [1.54, 1.807) is 53.4 Å². The number of carboxylic acids is 1. The summed E-state index contributed by atoms with van der Waals surface area (Å²) in [6, 6.07) is 20.1. The van der Waals surface area contributed by atoms with Gasteiger partial charge >= 0.3 is 5.97 Å². The first kappa shape index (κ1) is 28.5. The number of sulfonamides is 1. The van der Waals surface area contributed by atoms with Crippen LogP contribution in [0, 0.1) is 11.6 Å². The van der Waals surface area contributed by atoms with Gasteiger partial charge in [-0.1, -0.05) is 24.3 Å². The molecule has 0 heterocycles. The summed E-state index contributed by atoms with van der Waals surface area (Å²) in [5, 5.41) is 9.86. The van der Waals surface area contributed by atoms with Crippen molar-refractivity contribution in [2.45, 2.75) is 18.0 Å². The van der Waals surface area contributed by atoms with Gasteiger partial charge in [0.1, 0.15) is 28.0 Å². The lowest BCUT2D eigenvalue weighted by atomic mass is 10.1. The molecule has 4 rings (SSSR count). The van der Waals surface area contributed by atoms with Crippen LogP contribution in [0.25, 0.3) is 0 Å². The van der Waals surface area contributed by atoms with E-state index in [4.69, 9.17) is 9.47 Å². The van der Waals surface area contributed by atoms with Gasteiger partial charge in [0.05, 0.1) is 18.4 Å². The maximum atomic E-state index is 13.6. The van der Waals surface area contributed by atoms with E-state index < -0.39 is 32.5 Å². The van der Waals surface area contributed by atoms with Gasteiger partial charge in [-0.25, -0.2) is 26.7 Å². The van der Waals surface area contributed by atoms with Gasteiger partial charge in [-0.15, -0.1) is 0 Å². The number of nitrogens with zero attached hydrogens (tertiary/aromatic N) is 1. The van der Waals surface area contributed by atoms with Gasteiger partial charge in [-0.05, 0) is 78.8 Å². The Morgan fingerprint density at radius 3 is 1.80 bits per heavy atom. The molecule has 0 aliphatic carbocycles. The third kappa shape index (κ3) is 6.74. The minimum absolute atomic E-state index is 0.110. The van der Waals surface area contributed by atoms with Gasteiger partial charge in [0.2, 0.25) is 10.0 Å². The topological polar surface area (TPSA) is 105 Å². The molecule has 40 heavy (non-hydrogen) atoms. The third-order valence-corrected chi connectivity index (χ3v) is 7.45. The summed E-state index contributed by atoms with van der Waals surface area (Å²) < 4.78 is 67.1. The molecule has 0 bridgehead atoms. The maximum absolute atomic E-state index is 13.6. The zero-order valence-corrected chi connectivity index (χ0v) is 22.4. The van der Waals surface area contributed by atoms with E-state index in [0.29, 0.717) is 16.9 Å². The summed E-state index contributed by atoms with van der Waals surface area (Å²) in [6.45, 7) is 0.220. The van der Waals surface area contributed by atoms with Crippen molar-refractivity contribution < 1.29 is 36.6 Å². The van der Waals surface area contributed by atoms with Crippen molar-refractivity contribution in [3.63, 3.8) is 0 Å². The van der Waals surface area contributed by atoms with Crippen molar-refractivity contribution in [1.29, 1.82) is 0 Å². The zero-order chi connectivity index (χ0) is 28.9. The first-order chi connectivity index (χ1) is 19.1. The third-order valence-electron chi connectivity index (χ3n) is 6.03. The number of rotatable bonds is 11. The number of halogens is 2. The fourth-order valence-electron chi connectivity index (χ4n) is 3.97. The summed E-state index contributed by atoms with van der Waals surface area (Å²) in [5.74, 6) is -1.55. The average Bonchev–Trinajstić information content (AvgIpc) is 2.95.